The van der Waals surface area contributed by atoms with Gasteiger partial charge in [0, 0.05) is 5.69 Å². The monoisotopic (exact) mass is 343 g/mol. The lowest BCUT2D eigenvalue weighted by molar-refractivity contribution is 0.595. The third kappa shape index (κ3) is 7.88. The highest BCUT2D eigenvalue weighted by molar-refractivity contribution is 7.92. The van der Waals surface area contributed by atoms with Crippen molar-refractivity contribution >= 4 is 50.5 Å². The highest BCUT2D eigenvalue weighted by Gasteiger charge is 2.19. The molecule has 1 aromatic carbocycles. The molecule has 0 heterocycles. The lowest BCUT2D eigenvalue weighted by atomic mass is 10.2. The SMILES string of the molecule is Cc1ccc(NS(=O)(=O)CCCCC(Cl)(Cl)Cl)cc1. The van der Waals surface area contributed by atoms with E-state index in [1.807, 2.05) is 19.1 Å². The molecule has 0 radical (unpaired) electrons. The van der Waals surface area contributed by atoms with Crippen LogP contribution in [-0.4, -0.2) is 18.0 Å². The summed E-state index contributed by atoms with van der Waals surface area (Å²) in [5.74, 6) is 0.0155. The van der Waals surface area contributed by atoms with E-state index in [1.54, 1.807) is 12.1 Å². The van der Waals surface area contributed by atoms with Gasteiger partial charge in [-0.1, -0.05) is 52.5 Å². The van der Waals surface area contributed by atoms with Crippen molar-refractivity contribution in [2.24, 2.45) is 0 Å². The van der Waals surface area contributed by atoms with Crippen molar-refractivity contribution in [3.63, 3.8) is 0 Å². The fourth-order valence-electron chi connectivity index (χ4n) is 1.47. The molecule has 0 atom stereocenters. The van der Waals surface area contributed by atoms with Gasteiger partial charge in [0.25, 0.3) is 0 Å². The molecule has 1 aromatic rings. The van der Waals surface area contributed by atoms with Crippen molar-refractivity contribution in [3.05, 3.63) is 29.8 Å². The first-order valence-corrected chi connectivity index (χ1v) is 8.60. The van der Waals surface area contributed by atoms with Crippen molar-refractivity contribution < 1.29 is 8.42 Å². The summed E-state index contributed by atoms with van der Waals surface area (Å²) in [6.45, 7) is 1.94. The van der Waals surface area contributed by atoms with Crippen molar-refractivity contribution in [1.29, 1.82) is 0 Å². The average molecular weight is 345 g/mol. The Morgan fingerprint density at radius 3 is 2.21 bits per heavy atom. The summed E-state index contributed by atoms with van der Waals surface area (Å²) in [6, 6.07) is 7.16. The van der Waals surface area contributed by atoms with Gasteiger partial charge < -0.3 is 0 Å². The van der Waals surface area contributed by atoms with Gasteiger partial charge in [-0.15, -0.1) is 0 Å². The highest BCUT2D eigenvalue weighted by Crippen LogP contribution is 2.31. The predicted molar refractivity (Wildman–Crippen MR) is 82.7 cm³/mol. The first kappa shape index (κ1) is 16.9. The molecule has 1 rings (SSSR count). The molecular formula is C12H16Cl3NO2S. The molecule has 3 nitrogen and oxygen atoms in total. The lowest BCUT2D eigenvalue weighted by Gasteiger charge is -2.11. The van der Waals surface area contributed by atoms with E-state index in [2.05, 4.69) is 4.72 Å². The summed E-state index contributed by atoms with van der Waals surface area (Å²) < 4.78 is 24.8. The fraction of sp³-hybridized carbons (Fsp3) is 0.500. The lowest BCUT2D eigenvalue weighted by Crippen LogP contribution is -2.17. The van der Waals surface area contributed by atoms with Crippen LogP contribution < -0.4 is 4.72 Å². The minimum Gasteiger partial charge on any atom is -0.284 e. The number of hydrogen-bond donors (Lipinski definition) is 1. The Morgan fingerprint density at radius 1 is 1.11 bits per heavy atom. The van der Waals surface area contributed by atoms with E-state index >= 15 is 0 Å². The molecule has 0 fully saturated rings. The molecule has 0 aliphatic carbocycles. The smallest absolute Gasteiger partial charge is 0.232 e. The zero-order chi connectivity index (χ0) is 14.5. The van der Waals surface area contributed by atoms with E-state index < -0.39 is 13.8 Å². The Balaban J connectivity index is 2.42. The topological polar surface area (TPSA) is 46.2 Å². The Bertz CT molecular complexity index is 495. The van der Waals surface area contributed by atoms with Crippen LogP contribution in [0.3, 0.4) is 0 Å². The van der Waals surface area contributed by atoms with Gasteiger partial charge in [-0.05, 0) is 38.3 Å². The summed E-state index contributed by atoms with van der Waals surface area (Å²) in [4.78, 5) is 0. The van der Waals surface area contributed by atoms with Crippen LogP contribution in [0, 0.1) is 6.92 Å². The summed E-state index contributed by atoms with van der Waals surface area (Å²) in [5.41, 5.74) is 1.64. The molecule has 0 aliphatic heterocycles. The minimum atomic E-state index is -3.34. The van der Waals surface area contributed by atoms with Gasteiger partial charge in [0.1, 0.15) is 0 Å². The Morgan fingerprint density at radius 2 is 1.68 bits per heavy atom. The number of benzene rings is 1. The predicted octanol–water partition coefficient (Wildman–Crippen LogP) is 4.28. The van der Waals surface area contributed by atoms with Gasteiger partial charge in [-0.3, -0.25) is 4.72 Å². The Labute approximate surface area is 129 Å². The maximum atomic E-state index is 11.8. The number of hydrogen-bond acceptors (Lipinski definition) is 2. The molecule has 0 saturated carbocycles. The second-order valence-corrected chi connectivity index (χ2v) is 8.72. The number of anilines is 1. The molecule has 0 aliphatic rings. The van der Waals surface area contributed by atoms with E-state index in [9.17, 15) is 8.42 Å². The van der Waals surface area contributed by atoms with Crippen LogP contribution in [0.4, 0.5) is 5.69 Å². The van der Waals surface area contributed by atoms with Crippen molar-refractivity contribution in [1.82, 2.24) is 0 Å². The van der Waals surface area contributed by atoms with Crippen LogP contribution in [0.25, 0.3) is 0 Å². The summed E-state index contributed by atoms with van der Waals surface area (Å²) in [6.07, 6.45) is 1.35. The van der Waals surface area contributed by atoms with Gasteiger partial charge in [0.2, 0.25) is 10.0 Å². The highest BCUT2D eigenvalue weighted by atomic mass is 35.6. The second-order valence-electron chi connectivity index (χ2n) is 4.36. The zero-order valence-corrected chi connectivity index (χ0v) is 13.6. The summed E-state index contributed by atoms with van der Waals surface area (Å²) in [5, 5.41) is 0. The fourth-order valence-corrected chi connectivity index (χ4v) is 3.05. The quantitative estimate of drug-likeness (QED) is 0.618. The van der Waals surface area contributed by atoms with E-state index in [0.717, 1.165) is 5.56 Å². The van der Waals surface area contributed by atoms with Gasteiger partial charge >= 0.3 is 0 Å². The van der Waals surface area contributed by atoms with Gasteiger partial charge in [-0.2, -0.15) is 0 Å². The molecule has 19 heavy (non-hydrogen) atoms. The number of sulfonamides is 1. The Hall–Kier alpha value is -0.160. The third-order valence-electron chi connectivity index (χ3n) is 2.45. The normalized spacial score (nSPS) is 12.4. The van der Waals surface area contributed by atoms with Crippen molar-refractivity contribution in [2.75, 3.05) is 10.5 Å². The van der Waals surface area contributed by atoms with Crippen molar-refractivity contribution in [3.8, 4) is 0 Å². The number of alkyl halides is 3. The van der Waals surface area contributed by atoms with E-state index in [-0.39, 0.29) is 5.75 Å². The maximum Gasteiger partial charge on any atom is 0.232 e. The van der Waals surface area contributed by atoms with Gasteiger partial charge in [-0.25, -0.2) is 8.42 Å². The number of nitrogens with one attached hydrogen (secondary N) is 1. The van der Waals surface area contributed by atoms with Crippen LogP contribution in [0.1, 0.15) is 24.8 Å². The second kappa shape index (κ2) is 7.02. The molecule has 0 amide bonds. The minimum absolute atomic E-state index is 0.0155. The largest absolute Gasteiger partial charge is 0.284 e. The van der Waals surface area contributed by atoms with E-state index in [0.29, 0.717) is 24.9 Å². The number of unbranched alkanes of at least 4 members (excludes halogenated alkanes) is 1. The molecular weight excluding hydrogens is 329 g/mol. The molecule has 108 valence electrons. The molecule has 0 saturated heterocycles. The van der Waals surface area contributed by atoms with Crippen LogP contribution in [0.15, 0.2) is 24.3 Å². The van der Waals surface area contributed by atoms with E-state index in [4.69, 9.17) is 34.8 Å². The number of rotatable bonds is 6. The summed E-state index contributed by atoms with van der Waals surface area (Å²) in [7, 11) is -3.34. The van der Waals surface area contributed by atoms with E-state index in [1.165, 1.54) is 0 Å². The maximum absolute atomic E-state index is 11.8. The van der Waals surface area contributed by atoms with Gasteiger partial charge in [0.15, 0.2) is 3.79 Å². The van der Waals surface area contributed by atoms with Crippen molar-refractivity contribution in [2.45, 2.75) is 30.0 Å². The van der Waals surface area contributed by atoms with Crippen LogP contribution in [-0.2, 0) is 10.0 Å². The molecule has 1 N–H and O–H groups in total. The average Bonchev–Trinajstić information content (AvgIpc) is 2.26. The molecule has 0 unspecified atom stereocenters. The molecule has 0 spiro atoms. The summed E-state index contributed by atoms with van der Waals surface area (Å²) >= 11 is 16.8. The molecule has 0 aromatic heterocycles. The molecule has 0 bridgehead atoms. The number of halogens is 3. The Kier molecular flexibility index (Phi) is 6.24. The third-order valence-corrected chi connectivity index (χ3v) is 4.39. The zero-order valence-electron chi connectivity index (χ0n) is 10.5. The van der Waals surface area contributed by atoms with Crippen LogP contribution in [0.5, 0.6) is 0 Å². The van der Waals surface area contributed by atoms with Gasteiger partial charge in [0.05, 0.1) is 5.75 Å². The standard InChI is InChI=1S/C12H16Cl3NO2S/c1-10-4-6-11(7-5-10)16-19(17,18)9-3-2-8-12(13,14)15/h4-7,16H,2-3,8-9H2,1H3. The van der Waals surface area contributed by atoms with Crippen LogP contribution >= 0.6 is 34.8 Å². The molecule has 7 heteroatoms. The first-order chi connectivity index (χ1) is 8.68. The van der Waals surface area contributed by atoms with Crippen LogP contribution in [0.2, 0.25) is 0 Å². The number of aryl methyl sites for hydroxylation is 1. The first-order valence-electron chi connectivity index (χ1n) is 5.82.